The van der Waals surface area contributed by atoms with Gasteiger partial charge in [0.25, 0.3) is 5.79 Å². The van der Waals surface area contributed by atoms with Crippen molar-refractivity contribution >= 4 is 17.9 Å². The van der Waals surface area contributed by atoms with Gasteiger partial charge in [-0.05, 0) is 69.6 Å². The third-order valence-corrected chi connectivity index (χ3v) is 6.04. The van der Waals surface area contributed by atoms with Crippen LogP contribution in [0.25, 0.3) is 11.1 Å². The molecule has 0 amide bonds. The number of carbonyl (C=O) groups is 3. The van der Waals surface area contributed by atoms with Crippen LogP contribution in [0, 0.1) is 11.3 Å². The lowest BCUT2D eigenvalue weighted by Gasteiger charge is -2.39. The third kappa shape index (κ3) is 7.17. The number of rotatable bonds is 8. The molecule has 2 aromatic rings. The van der Waals surface area contributed by atoms with Gasteiger partial charge in [0.05, 0.1) is 0 Å². The first kappa shape index (κ1) is 26.5. The first-order chi connectivity index (χ1) is 16.3. The molecule has 0 unspecified atom stereocenters. The SMILES string of the molecule is CC(C)(C)OC(=O)CC[C@H](Cc1ccc(-c2ccccc2)cc1)CC1(C)C(=O)OC(C)(C)OC1=O. The van der Waals surface area contributed by atoms with Gasteiger partial charge in [0.15, 0.2) is 5.41 Å². The molecule has 0 aromatic heterocycles. The van der Waals surface area contributed by atoms with Crippen molar-refractivity contribution in [1.82, 2.24) is 0 Å². The molecule has 0 spiro atoms. The van der Waals surface area contributed by atoms with Gasteiger partial charge < -0.3 is 14.2 Å². The Morgan fingerprint density at radius 2 is 1.43 bits per heavy atom. The highest BCUT2D eigenvalue weighted by atomic mass is 16.7. The fourth-order valence-electron chi connectivity index (χ4n) is 4.31. The van der Waals surface area contributed by atoms with E-state index in [1.54, 1.807) is 6.92 Å². The molecule has 6 heteroatoms. The summed E-state index contributed by atoms with van der Waals surface area (Å²) in [4.78, 5) is 38.1. The van der Waals surface area contributed by atoms with Gasteiger partial charge in [-0.25, -0.2) is 0 Å². The van der Waals surface area contributed by atoms with E-state index in [0.29, 0.717) is 12.8 Å². The third-order valence-electron chi connectivity index (χ3n) is 6.04. The molecule has 0 saturated carbocycles. The van der Waals surface area contributed by atoms with Crippen molar-refractivity contribution in [2.45, 2.75) is 78.6 Å². The summed E-state index contributed by atoms with van der Waals surface area (Å²) in [7, 11) is 0. The molecule has 1 heterocycles. The van der Waals surface area contributed by atoms with E-state index < -0.39 is 28.7 Å². The fraction of sp³-hybridized carbons (Fsp3) is 0.483. The van der Waals surface area contributed by atoms with Gasteiger partial charge in [0, 0.05) is 20.3 Å². The lowest BCUT2D eigenvalue weighted by atomic mass is 9.76. The van der Waals surface area contributed by atoms with Crippen molar-refractivity contribution in [1.29, 1.82) is 0 Å². The van der Waals surface area contributed by atoms with Crippen molar-refractivity contribution < 1.29 is 28.6 Å². The molecule has 0 aliphatic carbocycles. The van der Waals surface area contributed by atoms with Crippen LogP contribution in [0.2, 0.25) is 0 Å². The summed E-state index contributed by atoms with van der Waals surface area (Å²) in [6.45, 7) is 10.1. The Morgan fingerprint density at radius 1 is 0.886 bits per heavy atom. The summed E-state index contributed by atoms with van der Waals surface area (Å²) >= 11 is 0. The van der Waals surface area contributed by atoms with E-state index in [1.807, 2.05) is 51.1 Å². The Balaban J connectivity index is 1.78. The second-order valence-electron chi connectivity index (χ2n) is 11.0. The highest BCUT2D eigenvalue weighted by Crippen LogP contribution is 2.39. The number of hydrogen-bond acceptors (Lipinski definition) is 6. The van der Waals surface area contributed by atoms with Crippen molar-refractivity contribution in [2.24, 2.45) is 11.3 Å². The van der Waals surface area contributed by atoms with Gasteiger partial charge >= 0.3 is 17.9 Å². The van der Waals surface area contributed by atoms with Crippen LogP contribution in [0.1, 0.15) is 66.4 Å². The number of ether oxygens (including phenoxy) is 3. The maximum Gasteiger partial charge on any atom is 0.326 e. The van der Waals surface area contributed by atoms with Gasteiger partial charge in [0.1, 0.15) is 5.60 Å². The van der Waals surface area contributed by atoms with Crippen molar-refractivity contribution in [3.8, 4) is 11.1 Å². The molecule has 6 nitrogen and oxygen atoms in total. The average Bonchev–Trinajstić information content (AvgIpc) is 2.75. The van der Waals surface area contributed by atoms with Gasteiger partial charge in [-0.2, -0.15) is 0 Å². The predicted octanol–water partition coefficient (Wildman–Crippen LogP) is 5.87. The van der Waals surface area contributed by atoms with E-state index in [9.17, 15) is 14.4 Å². The van der Waals surface area contributed by atoms with Crippen LogP contribution in [0.4, 0.5) is 0 Å². The topological polar surface area (TPSA) is 78.9 Å². The minimum atomic E-state index is -1.43. The number of carbonyl (C=O) groups excluding carboxylic acids is 3. The number of cyclic esters (lactones) is 2. The monoisotopic (exact) mass is 480 g/mol. The Labute approximate surface area is 208 Å². The largest absolute Gasteiger partial charge is 0.460 e. The number of esters is 3. The molecule has 3 rings (SSSR count). The molecule has 1 fully saturated rings. The second kappa shape index (κ2) is 10.2. The van der Waals surface area contributed by atoms with E-state index in [4.69, 9.17) is 14.2 Å². The second-order valence-corrected chi connectivity index (χ2v) is 11.0. The zero-order valence-corrected chi connectivity index (χ0v) is 21.6. The van der Waals surface area contributed by atoms with Gasteiger partial charge in [0.2, 0.25) is 0 Å². The lowest BCUT2D eigenvalue weighted by Crippen LogP contribution is -2.53. The minimum absolute atomic E-state index is 0.142. The summed E-state index contributed by atoms with van der Waals surface area (Å²) < 4.78 is 16.3. The summed E-state index contributed by atoms with van der Waals surface area (Å²) in [6, 6.07) is 18.3. The Morgan fingerprint density at radius 3 is 1.97 bits per heavy atom. The van der Waals surface area contributed by atoms with Gasteiger partial charge in [-0.1, -0.05) is 54.6 Å². The lowest BCUT2D eigenvalue weighted by molar-refractivity contribution is -0.250. The Hall–Kier alpha value is -3.15. The quantitative estimate of drug-likeness (QED) is 0.347. The molecule has 0 N–H and O–H groups in total. The smallest absolute Gasteiger partial charge is 0.326 e. The van der Waals surface area contributed by atoms with Crippen molar-refractivity contribution in [3.05, 3.63) is 60.2 Å². The summed E-state index contributed by atoms with van der Waals surface area (Å²) in [6.07, 6.45) is 1.46. The maximum absolute atomic E-state index is 12.8. The van der Waals surface area contributed by atoms with Crippen LogP contribution in [-0.2, 0) is 35.0 Å². The highest BCUT2D eigenvalue weighted by Gasteiger charge is 2.53. The molecular formula is C29H36O6. The van der Waals surface area contributed by atoms with Crippen LogP contribution in [0.15, 0.2) is 54.6 Å². The molecule has 1 saturated heterocycles. The summed E-state index contributed by atoms with van der Waals surface area (Å²) in [5.74, 6) is -2.92. The molecule has 2 aromatic carbocycles. The molecule has 1 aliphatic rings. The summed E-state index contributed by atoms with van der Waals surface area (Å²) in [5.41, 5.74) is 1.28. The van der Waals surface area contributed by atoms with Crippen LogP contribution >= 0.6 is 0 Å². The molecule has 1 aliphatic heterocycles. The van der Waals surface area contributed by atoms with Gasteiger partial charge in [-0.3, -0.25) is 14.4 Å². The van der Waals surface area contributed by atoms with Crippen LogP contribution in [0.3, 0.4) is 0 Å². The minimum Gasteiger partial charge on any atom is -0.460 e. The Bertz CT molecular complexity index is 1030. The molecular weight excluding hydrogens is 444 g/mol. The molecule has 0 bridgehead atoms. The zero-order chi connectivity index (χ0) is 25.9. The van der Waals surface area contributed by atoms with E-state index in [-0.39, 0.29) is 24.7 Å². The van der Waals surface area contributed by atoms with Crippen molar-refractivity contribution in [3.63, 3.8) is 0 Å². The van der Waals surface area contributed by atoms with E-state index in [0.717, 1.165) is 16.7 Å². The standard InChI is InChI=1S/C29H36O6/c1-27(2,3)33-24(30)17-14-21(19-29(6)25(31)34-28(4,5)35-26(29)32)18-20-12-15-23(16-13-20)22-10-8-7-9-11-22/h7-13,15-16,21H,14,17-19H2,1-6H3/t21-/m1/s1. The molecule has 188 valence electrons. The van der Waals surface area contributed by atoms with E-state index in [1.165, 1.54) is 13.8 Å². The average molecular weight is 481 g/mol. The maximum atomic E-state index is 12.8. The first-order valence-corrected chi connectivity index (χ1v) is 12.1. The fourth-order valence-corrected chi connectivity index (χ4v) is 4.31. The van der Waals surface area contributed by atoms with Crippen molar-refractivity contribution in [2.75, 3.05) is 0 Å². The Kier molecular flexibility index (Phi) is 7.73. The number of hydrogen-bond donors (Lipinski definition) is 0. The van der Waals surface area contributed by atoms with Crippen LogP contribution in [0.5, 0.6) is 0 Å². The van der Waals surface area contributed by atoms with E-state index >= 15 is 0 Å². The number of benzene rings is 2. The predicted molar refractivity (Wildman–Crippen MR) is 133 cm³/mol. The summed E-state index contributed by atoms with van der Waals surface area (Å²) in [5, 5.41) is 0. The van der Waals surface area contributed by atoms with E-state index in [2.05, 4.69) is 24.3 Å². The van der Waals surface area contributed by atoms with Crippen LogP contribution < -0.4 is 0 Å². The van der Waals surface area contributed by atoms with Crippen LogP contribution in [-0.4, -0.2) is 29.3 Å². The zero-order valence-electron chi connectivity index (χ0n) is 21.6. The molecule has 0 radical (unpaired) electrons. The highest BCUT2D eigenvalue weighted by molar-refractivity contribution is 6.01. The normalized spacial score (nSPS) is 17.8. The molecule has 1 atom stereocenters. The molecule has 35 heavy (non-hydrogen) atoms. The van der Waals surface area contributed by atoms with Gasteiger partial charge in [-0.15, -0.1) is 0 Å². The first-order valence-electron chi connectivity index (χ1n) is 12.1.